The minimum Gasteiger partial charge on any atom is -0.497 e. The van der Waals surface area contributed by atoms with E-state index in [4.69, 9.17) is 15.2 Å². The molecule has 0 aliphatic rings. The fourth-order valence-corrected chi connectivity index (χ4v) is 1.72. The van der Waals surface area contributed by atoms with Crippen LogP contribution in [0.1, 0.15) is 26.7 Å². The monoisotopic (exact) mass is 237 g/mol. The van der Waals surface area contributed by atoms with Gasteiger partial charge in [-0.3, -0.25) is 0 Å². The van der Waals surface area contributed by atoms with Crippen molar-refractivity contribution < 1.29 is 9.47 Å². The molecule has 1 atom stereocenters. The number of benzene rings is 1. The standard InChI is InChI=1S/C14H23NO2/c1-11(2)10-12(15)8-9-17-14-6-4-13(16-3)5-7-14/h4-7,11-12H,8-10,15H2,1-3H3. The molecule has 3 nitrogen and oxygen atoms in total. The van der Waals surface area contributed by atoms with E-state index in [2.05, 4.69) is 13.8 Å². The second kappa shape index (κ2) is 7.17. The molecule has 0 radical (unpaired) electrons. The van der Waals surface area contributed by atoms with Crippen molar-refractivity contribution in [3.63, 3.8) is 0 Å². The van der Waals surface area contributed by atoms with Crippen molar-refractivity contribution >= 4 is 0 Å². The van der Waals surface area contributed by atoms with Crippen LogP contribution < -0.4 is 15.2 Å². The third-order valence-electron chi connectivity index (χ3n) is 2.59. The molecule has 0 bridgehead atoms. The molecule has 0 aliphatic carbocycles. The first-order valence-corrected chi connectivity index (χ1v) is 6.14. The van der Waals surface area contributed by atoms with E-state index in [1.807, 2.05) is 24.3 Å². The SMILES string of the molecule is COc1ccc(OCCC(N)CC(C)C)cc1. The maximum Gasteiger partial charge on any atom is 0.119 e. The van der Waals surface area contributed by atoms with Gasteiger partial charge in [0.25, 0.3) is 0 Å². The molecule has 1 unspecified atom stereocenters. The van der Waals surface area contributed by atoms with Gasteiger partial charge in [0.1, 0.15) is 11.5 Å². The highest BCUT2D eigenvalue weighted by molar-refractivity contribution is 5.31. The first-order valence-electron chi connectivity index (χ1n) is 6.14. The van der Waals surface area contributed by atoms with E-state index in [0.29, 0.717) is 12.5 Å². The van der Waals surface area contributed by atoms with Gasteiger partial charge in [-0.25, -0.2) is 0 Å². The zero-order valence-electron chi connectivity index (χ0n) is 11.0. The van der Waals surface area contributed by atoms with E-state index in [0.717, 1.165) is 24.3 Å². The van der Waals surface area contributed by atoms with E-state index in [-0.39, 0.29) is 6.04 Å². The van der Waals surface area contributed by atoms with Crippen LogP contribution in [0.15, 0.2) is 24.3 Å². The molecule has 0 aliphatic heterocycles. The van der Waals surface area contributed by atoms with Gasteiger partial charge in [-0.05, 0) is 43.0 Å². The Morgan fingerprint density at radius 2 is 1.71 bits per heavy atom. The summed E-state index contributed by atoms with van der Waals surface area (Å²) in [6.07, 6.45) is 1.94. The number of hydrogen-bond acceptors (Lipinski definition) is 3. The molecular formula is C14H23NO2. The van der Waals surface area contributed by atoms with Crippen molar-refractivity contribution in [2.24, 2.45) is 11.7 Å². The highest BCUT2D eigenvalue weighted by Gasteiger charge is 2.05. The fraction of sp³-hybridized carbons (Fsp3) is 0.571. The Bertz CT molecular complexity index is 309. The Morgan fingerprint density at radius 3 is 2.24 bits per heavy atom. The number of nitrogens with two attached hydrogens (primary N) is 1. The molecule has 0 amide bonds. The van der Waals surface area contributed by atoms with Gasteiger partial charge in [-0.15, -0.1) is 0 Å². The average molecular weight is 237 g/mol. The van der Waals surface area contributed by atoms with Crippen LogP contribution in [0.4, 0.5) is 0 Å². The van der Waals surface area contributed by atoms with Gasteiger partial charge in [0.05, 0.1) is 13.7 Å². The summed E-state index contributed by atoms with van der Waals surface area (Å²) < 4.78 is 10.7. The van der Waals surface area contributed by atoms with Crippen molar-refractivity contribution in [3.8, 4) is 11.5 Å². The minimum atomic E-state index is 0.230. The van der Waals surface area contributed by atoms with E-state index in [9.17, 15) is 0 Å². The van der Waals surface area contributed by atoms with E-state index in [1.165, 1.54) is 0 Å². The van der Waals surface area contributed by atoms with Crippen LogP contribution in [0.3, 0.4) is 0 Å². The van der Waals surface area contributed by atoms with Crippen molar-refractivity contribution in [2.75, 3.05) is 13.7 Å². The van der Waals surface area contributed by atoms with Crippen LogP contribution >= 0.6 is 0 Å². The molecule has 1 aromatic rings. The zero-order valence-corrected chi connectivity index (χ0v) is 11.0. The Kier molecular flexibility index (Phi) is 5.84. The number of hydrogen-bond donors (Lipinski definition) is 1. The van der Waals surface area contributed by atoms with Crippen LogP contribution in [0.5, 0.6) is 11.5 Å². The molecule has 3 heteroatoms. The molecular weight excluding hydrogens is 214 g/mol. The fourth-order valence-electron chi connectivity index (χ4n) is 1.72. The summed E-state index contributed by atoms with van der Waals surface area (Å²) in [5.41, 5.74) is 5.98. The number of ether oxygens (including phenoxy) is 2. The third-order valence-corrected chi connectivity index (χ3v) is 2.59. The molecule has 2 N–H and O–H groups in total. The molecule has 96 valence electrons. The van der Waals surface area contributed by atoms with Gasteiger partial charge in [0, 0.05) is 6.04 Å². The predicted octanol–water partition coefficient (Wildman–Crippen LogP) is 2.84. The smallest absolute Gasteiger partial charge is 0.119 e. The van der Waals surface area contributed by atoms with Crippen LogP contribution in [0, 0.1) is 5.92 Å². The van der Waals surface area contributed by atoms with Gasteiger partial charge in [-0.2, -0.15) is 0 Å². The van der Waals surface area contributed by atoms with Gasteiger partial charge in [-0.1, -0.05) is 13.8 Å². The van der Waals surface area contributed by atoms with Crippen LogP contribution in [-0.4, -0.2) is 19.8 Å². The lowest BCUT2D eigenvalue weighted by Gasteiger charge is -2.14. The molecule has 0 heterocycles. The van der Waals surface area contributed by atoms with Crippen molar-refractivity contribution in [1.82, 2.24) is 0 Å². The lowest BCUT2D eigenvalue weighted by molar-refractivity contribution is 0.288. The minimum absolute atomic E-state index is 0.230. The summed E-state index contributed by atoms with van der Waals surface area (Å²) in [6.45, 7) is 5.04. The maximum absolute atomic E-state index is 5.98. The highest BCUT2D eigenvalue weighted by Crippen LogP contribution is 2.17. The Morgan fingerprint density at radius 1 is 1.12 bits per heavy atom. The molecule has 0 fully saturated rings. The third kappa shape index (κ3) is 5.59. The van der Waals surface area contributed by atoms with Crippen molar-refractivity contribution in [3.05, 3.63) is 24.3 Å². The largest absolute Gasteiger partial charge is 0.497 e. The van der Waals surface area contributed by atoms with Gasteiger partial charge in [0.2, 0.25) is 0 Å². The Hall–Kier alpha value is -1.22. The summed E-state index contributed by atoms with van der Waals surface area (Å²) in [4.78, 5) is 0. The first-order chi connectivity index (χ1) is 8.11. The summed E-state index contributed by atoms with van der Waals surface area (Å²) in [6, 6.07) is 7.83. The first kappa shape index (κ1) is 13.8. The molecule has 0 saturated heterocycles. The summed E-state index contributed by atoms with van der Waals surface area (Å²) in [7, 11) is 1.65. The molecule has 0 aromatic heterocycles. The Balaban J connectivity index is 2.25. The van der Waals surface area contributed by atoms with E-state index >= 15 is 0 Å². The van der Waals surface area contributed by atoms with Gasteiger partial charge in [0.15, 0.2) is 0 Å². The van der Waals surface area contributed by atoms with Crippen molar-refractivity contribution in [2.45, 2.75) is 32.7 Å². The van der Waals surface area contributed by atoms with Crippen LogP contribution in [0.25, 0.3) is 0 Å². The molecule has 0 spiro atoms. The molecule has 1 aromatic carbocycles. The summed E-state index contributed by atoms with van der Waals surface area (Å²) in [5, 5.41) is 0. The predicted molar refractivity (Wildman–Crippen MR) is 70.5 cm³/mol. The average Bonchev–Trinajstić information content (AvgIpc) is 2.29. The normalized spacial score (nSPS) is 12.5. The topological polar surface area (TPSA) is 44.5 Å². The van der Waals surface area contributed by atoms with E-state index < -0.39 is 0 Å². The molecule has 17 heavy (non-hydrogen) atoms. The van der Waals surface area contributed by atoms with Crippen LogP contribution in [-0.2, 0) is 0 Å². The summed E-state index contributed by atoms with van der Waals surface area (Å²) >= 11 is 0. The summed E-state index contributed by atoms with van der Waals surface area (Å²) in [5.74, 6) is 2.35. The Labute approximate surface area is 104 Å². The van der Waals surface area contributed by atoms with E-state index in [1.54, 1.807) is 7.11 Å². The lowest BCUT2D eigenvalue weighted by Crippen LogP contribution is -2.24. The van der Waals surface area contributed by atoms with Crippen LogP contribution in [0.2, 0.25) is 0 Å². The van der Waals surface area contributed by atoms with Gasteiger partial charge < -0.3 is 15.2 Å². The second-order valence-corrected chi connectivity index (χ2v) is 4.70. The molecule has 1 rings (SSSR count). The highest BCUT2D eigenvalue weighted by atomic mass is 16.5. The lowest BCUT2D eigenvalue weighted by atomic mass is 10.0. The van der Waals surface area contributed by atoms with Crippen molar-refractivity contribution in [1.29, 1.82) is 0 Å². The quantitative estimate of drug-likeness (QED) is 0.793. The number of rotatable bonds is 7. The molecule has 0 saturated carbocycles. The second-order valence-electron chi connectivity index (χ2n) is 4.70. The van der Waals surface area contributed by atoms with Gasteiger partial charge >= 0.3 is 0 Å². The zero-order chi connectivity index (χ0) is 12.7. The maximum atomic E-state index is 5.98. The number of methoxy groups -OCH3 is 1.